The second-order valence-electron chi connectivity index (χ2n) is 16.5. The highest BCUT2D eigenvalue weighted by molar-refractivity contribution is 5.55. The third-order valence-electron chi connectivity index (χ3n) is 11.6. The molecule has 1 aliphatic rings. The Balaban J connectivity index is 0.000000286. The summed E-state index contributed by atoms with van der Waals surface area (Å²) in [6.45, 7) is 7.03. The van der Waals surface area contributed by atoms with Crippen LogP contribution in [0, 0.1) is 13.8 Å². The second kappa shape index (κ2) is 31.3. The highest BCUT2D eigenvalue weighted by atomic mass is 16.7. The van der Waals surface area contributed by atoms with Crippen molar-refractivity contribution in [2.75, 3.05) is 48.3 Å². The van der Waals surface area contributed by atoms with Crippen LogP contribution in [-0.2, 0) is 35.5 Å². The van der Waals surface area contributed by atoms with Gasteiger partial charge in [-0.15, -0.1) is 0 Å². The molecule has 2 aromatic carbocycles. The summed E-state index contributed by atoms with van der Waals surface area (Å²) >= 11 is 0. The van der Waals surface area contributed by atoms with Crippen molar-refractivity contribution in [3.63, 3.8) is 0 Å². The van der Waals surface area contributed by atoms with Gasteiger partial charge in [0.1, 0.15) is 13.2 Å². The van der Waals surface area contributed by atoms with Crippen LogP contribution in [0.25, 0.3) is 0 Å². The molecule has 3 heterocycles. The van der Waals surface area contributed by atoms with E-state index in [0.717, 1.165) is 104 Å². The predicted molar refractivity (Wildman–Crippen MR) is 254 cm³/mol. The molecular weight excluding hydrogens is 809 g/mol. The number of hydrogen-bond acceptors (Lipinski definition) is 11. The molecule has 1 fully saturated rings. The first kappa shape index (κ1) is 52.0. The van der Waals surface area contributed by atoms with Gasteiger partial charge in [-0.25, -0.2) is 9.97 Å². The van der Waals surface area contributed by atoms with Crippen LogP contribution in [0.5, 0.6) is 34.8 Å². The maximum atomic E-state index is 8.83. The highest BCUT2D eigenvalue weighted by Gasteiger charge is 2.22. The van der Waals surface area contributed by atoms with E-state index in [9.17, 15) is 0 Å². The maximum Gasteiger partial charge on any atom is 0.261 e. The van der Waals surface area contributed by atoms with Crippen LogP contribution < -0.4 is 28.4 Å². The Morgan fingerprint density at radius 2 is 0.969 bits per heavy atom. The number of ether oxygens (including phenoxy) is 8. The third-order valence-corrected chi connectivity index (χ3v) is 11.6. The minimum Gasteiger partial charge on any atom is -0.489 e. The lowest BCUT2D eigenvalue weighted by molar-refractivity contribution is -0.162. The number of aliphatic hydroxyl groups is 1. The average Bonchev–Trinajstić information content (AvgIpc) is 3.33. The first-order valence-electron chi connectivity index (χ1n) is 23.8. The number of methoxy groups -OCH3 is 4. The second-order valence-corrected chi connectivity index (χ2v) is 16.5. The normalized spacial score (nSPS) is 13.5. The molecule has 11 nitrogen and oxygen atoms in total. The van der Waals surface area contributed by atoms with Crippen LogP contribution in [0.2, 0.25) is 0 Å². The van der Waals surface area contributed by atoms with Crippen molar-refractivity contribution >= 4 is 0 Å². The van der Waals surface area contributed by atoms with Crippen LogP contribution >= 0.6 is 0 Å². The lowest BCUT2D eigenvalue weighted by Crippen LogP contribution is -2.22. The molecule has 1 saturated heterocycles. The van der Waals surface area contributed by atoms with E-state index < -0.39 is 0 Å². The minimum absolute atomic E-state index is 0.0432. The van der Waals surface area contributed by atoms with Gasteiger partial charge in [-0.2, -0.15) is 0 Å². The fourth-order valence-corrected chi connectivity index (χ4v) is 7.87. The molecule has 0 bridgehead atoms. The van der Waals surface area contributed by atoms with Gasteiger partial charge in [0.15, 0.2) is 17.8 Å². The number of rotatable bonds is 30. The number of benzene rings is 2. The topological polar surface area (TPSA) is 120 Å². The summed E-state index contributed by atoms with van der Waals surface area (Å²) in [5, 5.41) is 8.83. The molecule has 0 radical (unpaired) electrons. The Kier molecular flexibility index (Phi) is 25.5. The average molecular weight is 887 g/mol. The molecule has 0 saturated carbocycles. The van der Waals surface area contributed by atoms with Gasteiger partial charge < -0.3 is 43.0 Å². The van der Waals surface area contributed by atoms with E-state index >= 15 is 0 Å². The van der Waals surface area contributed by atoms with E-state index in [2.05, 4.69) is 24.0 Å². The monoisotopic (exact) mass is 887 g/mol. The van der Waals surface area contributed by atoms with Gasteiger partial charge in [0.25, 0.3) is 11.8 Å². The molecule has 1 N–H and O–H groups in total. The van der Waals surface area contributed by atoms with E-state index in [-0.39, 0.29) is 6.29 Å². The molecule has 0 spiro atoms. The number of aliphatic hydroxyl groups excluding tert-OH is 1. The van der Waals surface area contributed by atoms with Crippen molar-refractivity contribution in [1.82, 2.24) is 9.97 Å². The standard InChI is InChI=1S/C29H43NO5.C24H35NO4/c1-23-25(18-12-7-5-4-6-8-14-20-33-26-19-13-15-21-34-26)30-29(32-3)28(31-2)27(23)35-22-24-16-10-9-11-17-24;1-19-21(16-12-7-5-4-6-8-13-17-26)25-24(28-3)23(27-2)22(19)29-18-20-14-10-9-11-15-20/h9-11,16-17,26H,4-8,12-15,18-22H2,1-3H3;9-11,14-15,26H,4-8,12-13,16-18H2,1-3H3. The SMILES string of the molecule is COc1nc(CCCCCCCCCO)c(C)c(OCc2ccccc2)c1OC.COc1nc(CCCCCCCCCOC2CCCCO2)c(C)c(OCc2ccccc2)c1OC. The molecular formula is C53H78N2O9. The quantitative estimate of drug-likeness (QED) is 0.0504. The smallest absolute Gasteiger partial charge is 0.261 e. The number of pyridine rings is 2. The first-order valence-corrected chi connectivity index (χ1v) is 23.8. The van der Waals surface area contributed by atoms with Crippen LogP contribution in [-0.4, -0.2) is 69.6 Å². The van der Waals surface area contributed by atoms with Gasteiger partial charge in [0, 0.05) is 30.9 Å². The lowest BCUT2D eigenvalue weighted by atomic mass is 10.0. The number of aromatic nitrogens is 2. The summed E-state index contributed by atoms with van der Waals surface area (Å²) in [5.41, 5.74) is 6.29. The van der Waals surface area contributed by atoms with E-state index in [4.69, 9.17) is 48.0 Å². The third kappa shape index (κ3) is 18.1. The molecule has 1 atom stereocenters. The van der Waals surface area contributed by atoms with Crippen molar-refractivity contribution in [3.05, 3.63) is 94.3 Å². The van der Waals surface area contributed by atoms with Crippen molar-refractivity contribution in [2.24, 2.45) is 0 Å². The predicted octanol–water partition coefficient (Wildman–Crippen LogP) is 12.1. The van der Waals surface area contributed by atoms with Crippen LogP contribution in [0.15, 0.2) is 60.7 Å². The Hall–Kier alpha value is -4.58. The summed E-state index contributed by atoms with van der Waals surface area (Å²) in [4.78, 5) is 9.41. The van der Waals surface area contributed by atoms with Crippen molar-refractivity contribution in [1.29, 1.82) is 0 Å². The van der Waals surface area contributed by atoms with E-state index in [0.29, 0.717) is 48.8 Å². The molecule has 5 rings (SSSR count). The van der Waals surface area contributed by atoms with Crippen LogP contribution in [0.1, 0.15) is 143 Å². The zero-order chi connectivity index (χ0) is 45.6. The molecule has 1 unspecified atom stereocenters. The largest absolute Gasteiger partial charge is 0.489 e. The summed E-state index contributed by atoms with van der Waals surface area (Å²) in [7, 11) is 6.48. The Morgan fingerprint density at radius 3 is 1.38 bits per heavy atom. The van der Waals surface area contributed by atoms with Gasteiger partial charge >= 0.3 is 0 Å². The molecule has 2 aromatic heterocycles. The van der Waals surface area contributed by atoms with E-state index in [1.165, 1.54) is 70.6 Å². The summed E-state index contributed by atoms with van der Waals surface area (Å²) in [6, 6.07) is 20.2. The van der Waals surface area contributed by atoms with Gasteiger partial charge in [-0.3, -0.25) is 0 Å². The Labute approximate surface area is 384 Å². The summed E-state index contributed by atoms with van der Waals surface area (Å²) < 4.78 is 45.9. The highest BCUT2D eigenvalue weighted by Crippen LogP contribution is 2.42. The maximum absolute atomic E-state index is 8.83. The zero-order valence-corrected chi connectivity index (χ0v) is 39.9. The van der Waals surface area contributed by atoms with Crippen molar-refractivity contribution in [2.45, 2.75) is 155 Å². The minimum atomic E-state index is 0.0432. The first-order chi connectivity index (χ1) is 31.4. The summed E-state index contributed by atoms with van der Waals surface area (Å²) in [5.74, 6) is 3.50. The van der Waals surface area contributed by atoms with Gasteiger partial charge in [0.2, 0.25) is 11.5 Å². The van der Waals surface area contributed by atoms with E-state index in [1.807, 2.05) is 55.5 Å². The number of nitrogens with zero attached hydrogens (tertiary/aromatic N) is 2. The molecule has 4 aromatic rings. The molecule has 354 valence electrons. The molecule has 0 aliphatic carbocycles. The Morgan fingerprint density at radius 1 is 0.531 bits per heavy atom. The fourth-order valence-electron chi connectivity index (χ4n) is 7.87. The van der Waals surface area contributed by atoms with Gasteiger partial charge in [-0.1, -0.05) is 125 Å². The molecule has 11 heteroatoms. The van der Waals surface area contributed by atoms with Crippen LogP contribution in [0.4, 0.5) is 0 Å². The number of hydrogen-bond donors (Lipinski definition) is 1. The zero-order valence-electron chi connectivity index (χ0n) is 39.9. The molecule has 1 aliphatic heterocycles. The van der Waals surface area contributed by atoms with Crippen molar-refractivity contribution in [3.8, 4) is 34.8 Å². The molecule has 0 amide bonds. The van der Waals surface area contributed by atoms with Crippen LogP contribution in [0.3, 0.4) is 0 Å². The van der Waals surface area contributed by atoms with Crippen molar-refractivity contribution < 1.29 is 43.0 Å². The Bertz CT molecular complexity index is 1840. The van der Waals surface area contributed by atoms with E-state index in [1.54, 1.807) is 28.4 Å². The number of unbranched alkanes of at least 4 members (excludes halogenated alkanes) is 12. The summed E-state index contributed by atoms with van der Waals surface area (Å²) in [6.07, 6.45) is 21.7. The molecule has 64 heavy (non-hydrogen) atoms. The fraction of sp³-hybridized carbons (Fsp3) is 0.585. The lowest BCUT2D eigenvalue weighted by Gasteiger charge is -2.22. The van der Waals surface area contributed by atoms with Gasteiger partial charge in [-0.05, 0) is 82.8 Å². The van der Waals surface area contributed by atoms with Gasteiger partial charge in [0.05, 0.1) is 39.8 Å². The number of aryl methyl sites for hydroxylation is 2.